The first-order valence-corrected chi connectivity index (χ1v) is 8.36. The summed E-state index contributed by atoms with van der Waals surface area (Å²) in [6, 6.07) is 4.60. The van der Waals surface area contributed by atoms with Gasteiger partial charge in [0.15, 0.2) is 0 Å². The summed E-state index contributed by atoms with van der Waals surface area (Å²) in [4.78, 5) is 25.7. The maximum Gasteiger partial charge on any atom is 0.408 e. The van der Waals surface area contributed by atoms with Crippen LogP contribution in [0.25, 0.3) is 0 Å². The molecule has 1 heterocycles. The van der Waals surface area contributed by atoms with Crippen molar-refractivity contribution in [1.82, 2.24) is 10.2 Å². The molecular weight excluding hydrogens is 349 g/mol. The van der Waals surface area contributed by atoms with Gasteiger partial charge in [0, 0.05) is 19.4 Å². The van der Waals surface area contributed by atoms with Crippen LogP contribution in [-0.2, 0) is 16.0 Å². The van der Waals surface area contributed by atoms with E-state index in [-0.39, 0.29) is 18.5 Å². The fraction of sp³-hybridized carbons (Fsp3) is 0.556. The molecule has 0 aliphatic carbocycles. The molecule has 26 heavy (non-hydrogen) atoms. The summed E-state index contributed by atoms with van der Waals surface area (Å²) in [5.41, 5.74) is -0.594. The Hall–Kier alpha value is -2.25. The van der Waals surface area contributed by atoms with Crippen molar-refractivity contribution in [2.45, 2.75) is 51.2 Å². The van der Waals surface area contributed by atoms with E-state index in [0.717, 1.165) is 4.90 Å². The van der Waals surface area contributed by atoms with Crippen molar-refractivity contribution < 1.29 is 27.5 Å². The minimum Gasteiger partial charge on any atom is -0.444 e. The number of nitrogens with one attached hydrogen (secondary N) is 1. The number of benzene rings is 1. The van der Waals surface area contributed by atoms with Crippen LogP contribution in [0.2, 0.25) is 0 Å². The van der Waals surface area contributed by atoms with E-state index in [4.69, 9.17) is 4.74 Å². The molecule has 2 rings (SSSR count). The fourth-order valence-corrected chi connectivity index (χ4v) is 2.68. The molecule has 2 amide bonds. The van der Waals surface area contributed by atoms with Gasteiger partial charge in [-0.3, -0.25) is 4.79 Å². The van der Waals surface area contributed by atoms with Crippen molar-refractivity contribution in [1.29, 1.82) is 0 Å². The van der Waals surface area contributed by atoms with E-state index in [9.17, 15) is 22.8 Å². The molecule has 1 aromatic rings. The summed E-state index contributed by atoms with van der Waals surface area (Å²) in [5, 5.41) is 2.39. The second-order valence-corrected chi connectivity index (χ2v) is 7.36. The molecule has 1 atom stereocenters. The van der Waals surface area contributed by atoms with E-state index in [1.54, 1.807) is 26.8 Å². The largest absolute Gasteiger partial charge is 0.444 e. The maximum atomic E-state index is 13.9. The first-order chi connectivity index (χ1) is 12.0. The Balaban J connectivity index is 2.16. The molecule has 5 nitrogen and oxygen atoms in total. The van der Waals surface area contributed by atoms with Crippen LogP contribution >= 0.6 is 0 Å². The van der Waals surface area contributed by atoms with Crippen molar-refractivity contribution in [3.63, 3.8) is 0 Å². The van der Waals surface area contributed by atoms with Gasteiger partial charge in [-0.25, -0.2) is 18.0 Å². The summed E-state index contributed by atoms with van der Waals surface area (Å²) >= 11 is 0. The van der Waals surface area contributed by atoms with Gasteiger partial charge in [-0.1, -0.05) is 18.2 Å². The van der Waals surface area contributed by atoms with Crippen LogP contribution in [0.4, 0.5) is 18.0 Å². The third kappa shape index (κ3) is 5.64. The highest BCUT2D eigenvalue weighted by molar-refractivity contribution is 5.86. The van der Waals surface area contributed by atoms with Gasteiger partial charge in [-0.15, -0.1) is 0 Å². The second-order valence-electron chi connectivity index (χ2n) is 7.36. The Morgan fingerprint density at radius 2 is 1.96 bits per heavy atom. The number of likely N-dealkylation sites (tertiary alicyclic amines) is 1. The minimum absolute atomic E-state index is 0.115. The van der Waals surface area contributed by atoms with Gasteiger partial charge in [0.2, 0.25) is 5.91 Å². The number of alkyl carbamates (subject to hydrolysis) is 1. The fourth-order valence-electron chi connectivity index (χ4n) is 2.68. The summed E-state index contributed by atoms with van der Waals surface area (Å²) in [6.07, 6.45) is -1.46. The van der Waals surface area contributed by atoms with Crippen LogP contribution in [0, 0.1) is 5.82 Å². The first-order valence-electron chi connectivity index (χ1n) is 8.36. The van der Waals surface area contributed by atoms with Gasteiger partial charge >= 0.3 is 6.09 Å². The van der Waals surface area contributed by atoms with E-state index in [2.05, 4.69) is 5.32 Å². The number of alkyl halides is 2. The Morgan fingerprint density at radius 3 is 2.50 bits per heavy atom. The third-order valence-corrected chi connectivity index (χ3v) is 3.85. The number of halogens is 3. The van der Waals surface area contributed by atoms with E-state index < -0.39 is 48.3 Å². The zero-order valence-corrected chi connectivity index (χ0v) is 15.0. The zero-order chi connectivity index (χ0) is 19.5. The Kier molecular flexibility index (Phi) is 5.83. The minimum atomic E-state index is -2.95. The van der Waals surface area contributed by atoms with Crippen LogP contribution in [0.1, 0.15) is 32.8 Å². The monoisotopic (exact) mass is 372 g/mol. The molecule has 0 bridgehead atoms. The lowest BCUT2D eigenvalue weighted by molar-refractivity contribution is -0.133. The van der Waals surface area contributed by atoms with Gasteiger partial charge in [0.1, 0.15) is 17.5 Å². The number of rotatable bonds is 4. The van der Waals surface area contributed by atoms with E-state index in [1.807, 2.05) is 0 Å². The van der Waals surface area contributed by atoms with Crippen molar-refractivity contribution in [2.24, 2.45) is 0 Å². The molecule has 1 N–H and O–H groups in total. The molecule has 1 aliphatic heterocycles. The maximum absolute atomic E-state index is 13.9. The average Bonchev–Trinajstić information content (AvgIpc) is 2.86. The topological polar surface area (TPSA) is 58.6 Å². The van der Waals surface area contributed by atoms with Gasteiger partial charge < -0.3 is 15.0 Å². The highest BCUT2D eigenvalue weighted by atomic mass is 19.3. The molecule has 0 saturated carbocycles. The quantitative estimate of drug-likeness (QED) is 0.883. The number of hydrogen-bond acceptors (Lipinski definition) is 3. The second kappa shape index (κ2) is 7.55. The van der Waals surface area contributed by atoms with Gasteiger partial charge in [-0.2, -0.15) is 0 Å². The lowest BCUT2D eigenvalue weighted by Crippen LogP contribution is -2.50. The van der Waals surface area contributed by atoms with Gasteiger partial charge in [0.05, 0.1) is 6.54 Å². The average molecular weight is 372 g/mol. The predicted octanol–water partition coefficient (Wildman–Crippen LogP) is 3.13. The molecule has 144 valence electrons. The smallest absolute Gasteiger partial charge is 0.408 e. The van der Waals surface area contributed by atoms with Gasteiger partial charge in [-0.05, 0) is 32.4 Å². The number of nitrogens with zero attached hydrogens (tertiary/aromatic N) is 1. The number of hydrogen-bond donors (Lipinski definition) is 1. The highest BCUT2D eigenvalue weighted by Gasteiger charge is 2.42. The molecule has 0 radical (unpaired) electrons. The van der Waals surface area contributed by atoms with Crippen LogP contribution in [0.15, 0.2) is 24.3 Å². The summed E-state index contributed by atoms with van der Waals surface area (Å²) in [7, 11) is 0. The Morgan fingerprint density at radius 1 is 1.31 bits per heavy atom. The molecule has 1 saturated heterocycles. The molecule has 0 aromatic heterocycles. The molecule has 1 fully saturated rings. The molecule has 0 spiro atoms. The SMILES string of the molecule is CC(C)(C)OC(=O)NC(Cc1ccccc1F)C(=O)N1CCC(F)(F)C1. The van der Waals surface area contributed by atoms with Crippen LogP contribution in [0.3, 0.4) is 0 Å². The normalized spacial score (nSPS) is 17.7. The molecule has 1 aliphatic rings. The summed E-state index contributed by atoms with van der Waals surface area (Å²) < 4.78 is 45.9. The lowest BCUT2D eigenvalue weighted by atomic mass is 10.0. The Bertz CT molecular complexity index is 674. The summed E-state index contributed by atoms with van der Waals surface area (Å²) in [6.45, 7) is 4.13. The molecule has 1 aromatic carbocycles. The van der Waals surface area contributed by atoms with Crippen LogP contribution < -0.4 is 5.32 Å². The standard InChI is InChI=1S/C18H23F3N2O3/c1-17(2,3)26-16(25)22-14(10-12-6-4-5-7-13(12)19)15(24)23-9-8-18(20,21)11-23/h4-7,14H,8-11H2,1-3H3,(H,22,25). The zero-order valence-electron chi connectivity index (χ0n) is 15.0. The molecule has 8 heteroatoms. The van der Waals surface area contributed by atoms with Crippen molar-refractivity contribution in [2.75, 3.05) is 13.1 Å². The number of ether oxygens (including phenoxy) is 1. The van der Waals surface area contributed by atoms with Crippen molar-refractivity contribution in [3.05, 3.63) is 35.6 Å². The van der Waals surface area contributed by atoms with E-state index >= 15 is 0 Å². The first kappa shape index (κ1) is 20.1. The highest BCUT2D eigenvalue weighted by Crippen LogP contribution is 2.27. The predicted molar refractivity (Wildman–Crippen MR) is 89.4 cm³/mol. The third-order valence-electron chi connectivity index (χ3n) is 3.85. The van der Waals surface area contributed by atoms with E-state index in [0.29, 0.717) is 0 Å². The van der Waals surface area contributed by atoms with Crippen molar-refractivity contribution >= 4 is 12.0 Å². The van der Waals surface area contributed by atoms with Crippen molar-refractivity contribution in [3.8, 4) is 0 Å². The number of carbonyl (C=O) groups is 2. The number of carbonyl (C=O) groups excluding carboxylic acids is 2. The molecule has 1 unspecified atom stereocenters. The Labute approximate surface area is 150 Å². The van der Waals surface area contributed by atoms with E-state index in [1.165, 1.54) is 18.2 Å². The summed E-state index contributed by atoms with van der Waals surface area (Å²) in [5.74, 6) is -4.18. The number of amides is 2. The molecular formula is C18H23F3N2O3. The van der Waals surface area contributed by atoms with Crippen LogP contribution in [0.5, 0.6) is 0 Å². The lowest BCUT2D eigenvalue weighted by Gasteiger charge is -2.26. The van der Waals surface area contributed by atoms with Crippen LogP contribution in [-0.4, -0.2) is 47.6 Å². The van der Waals surface area contributed by atoms with Gasteiger partial charge in [0.25, 0.3) is 5.92 Å².